The average Bonchev–Trinajstić information content (AvgIpc) is 3.23. The van der Waals surface area contributed by atoms with Crippen molar-refractivity contribution in [1.82, 2.24) is 9.78 Å². The van der Waals surface area contributed by atoms with Crippen LogP contribution in [-0.4, -0.2) is 15.7 Å². The Kier molecular flexibility index (Phi) is 5.26. The molecule has 1 amide bonds. The van der Waals surface area contributed by atoms with E-state index in [4.69, 9.17) is 5.10 Å². The van der Waals surface area contributed by atoms with Crippen molar-refractivity contribution in [3.8, 4) is 5.69 Å². The molecule has 1 fully saturated rings. The highest BCUT2D eigenvalue weighted by molar-refractivity contribution is 5.90. The van der Waals surface area contributed by atoms with Crippen LogP contribution < -0.4 is 5.32 Å². The van der Waals surface area contributed by atoms with E-state index in [2.05, 4.69) is 26.1 Å². The van der Waals surface area contributed by atoms with E-state index in [-0.39, 0.29) is 11.3 Å². The van der Waals surface area contributed by atoms with Crippen molar-refractivity contribution in [2.75, 3.05) is 5.32 Å². The Labute approximate surface area is 150 Å². The zero-order chi connectivity index (χ0) is 17.9. The third-order valence-corrected chi connectivity index (χ3v) is 5.00. The van der Waals surface area contributed by atoms with E-state index < -0.39 is 0 Å². The van der Waals surface area contributed by atoms with Gasteiger partial charge in [-0.3, -0.25) is 4.79 Å². The minimum atomic E-state index is -0.0661. The van der Waals surface area contributed by atoms with Crippen LogP contribution in [0.2, 0.25) is 0 Å². The Balaban J connectivity index is 1.76. The molecule has 2 aromatic rings. The van der Waals surface area contributed by atoms with Gasteiger partial charge in [0.1, 0.15) is 5.82 Å². The van der Waals surface area contributed by atoms with E-state index in [1.807, 2.05) is 41.1 Å². The third kappa shape index (κ3) is 4.50. The van der Waals surface area contributed by atoms with Crippen LogP contribution in [0.1, 0.15) is 65.0 Å². The monoisotopic (exact) mass is 339 g/mol. The molecule has 1 aliphatic rings. The first-order valence-electron chi connectivity index (χ1n) is 9.39. The lowest BCUT2D eigenvalue weighted by molar-refractivity contribution is -0.116. The first kappa shape index (κ1) is 17.7. The van der Waals surface area contributed by atoms with Gasteiger partial charge >= 0.3 is 0 Å². The van der Waals surface area contributed by atoms with Gasteiger partial charge in [0.05, 0.1) is 11.4 Å². The molecule has 1 saturated carbocycles. The number of anilines is 1. The zero-order valence-corrected chi connectivity index (χ0v) is 15.6. The molecule has 0 spiro atoms. The van der Waals surface area contributed by atoms with Crippen molar-refractivity contribution in [2.24, 2.45) is 5.92 Å². The van der Waals surface area contributed by atoms with Crippen LogP contribution in [0, 0.1) is 5.92 Å². The second-order valence-electron chi connectivity index (χ2n) is 8.15. The van der Waals surface area contributed by atoms with Crippen molar-refractivity contribution >= 4 is 11.7 Å². The summed E-state index contributed by atoms with van der Waals surface area (Å²) in [7, 11) is 0. The first-order valence-corrected chi connectivity index (χ1v) is 9.39. The number of amides is 1. The van der Waals surface area contributed by atoms with E-state index in [1.54, 1.807) is 0 Å². The number of nitrogens with one attached hydrogen (secondary N) is 1. The molecule has 3 rings (SSSR count). The molecule has 1 aromatic heterocycles. The maximum atomic E-state index is 12.5. The van der Waals surface area contributed by atoms with Gasteiger partial charge in [-0.2, -0.15) is 5.10 Å². The summed E-state index contributed by atoms with van der Waals surface area (Å²) in [5.74, 6) is 1.58. The minimum absolute atomic E-state index is 0.0661. The van der Waals surface area contributed by atoms with Crippen LogP contribution in [0.15, 0.2) is 36.4 Å². The van der Waals surface area contributed by atoms with Gasteiger partial charge in [-0.25, -0.2) is 4.68 Å². The van der Waals surface area contributed by atoms with Crippen LogP contribution in [0.3, 0.4) is 0 Å². The fourth-order valence-electron chi connectivity index (χ4n) is 3.44. The lowest BCUT2D eigenvalue weighted by Crippen LogP contribution is -2.15. The summed E-state index contributed by atoms with van der Waals surface area (Å²) in [6.07, 6.45) is 6.80. The first-order chi connectivity index (χ1) is 11.9. The molecule has 1 heterocycles. The van der Waals surface area contributed by atoms with Crippen LogP contribution >= 0.6 is 0 Å². The Morgan fingerprint density at radius 3 is 2.52 bits per heavy atom. The van der Waals surface area contributed by atoms with E-state index in [0.29, 0.717) is 6.42 Å². The number of hydrogen-bond acceptors (Lipinski definition) is 2. The number of para-hydroxylation sites is 1. The lowest BCUT2D eigenvalue weighted by Gasteiger charge is -2.14. The molecule has 0 radical (unpaired) electrons. The van der Waals surface area contributed by atoms with Gasteiger partial charge in [0.2, 0.25) is 5.91 Å². The average molecular weight is 339 g/mol. The molecule has 4 nitrogen and oxygen atoms in total. The molecule has 1 N–H and O–H groups in total. The summed E-state index contributed by atoms with van der Waals surface area (Å²) in [5, 5.41) is 7.83. The molecular weight excluding hydrogens is 310 g/mol. The van der Waals surface area contributed by atoms with Gasteiger partial charge in [0, 0.05) is 17.9 Å². The van der Waals surface area contributed by atoms with Crippen LogP contribution in [0.5, 0.6) is 0 Å². The van der Waals surface area contributed by atoms with Gasteiger partial charge in [0.15, 0.2) is 0 Å². The Morgan fingerprint density at radius 1 is 1.20 bits per heavy atom. The molecule has 0 aliphatic heterocycles. The highest BCUT2D eigenvalue weighted by Gasteiger charge is 2.22. The van der Waals surface area contributed by atoms with Crippen molar-refractivity contribution in [3.63, 3.8) is 0 Å². The van der Waals surface area contributed by atoms with E-state index in [1.165, 1.54) is 25.7 Å². The number of hydrogen-bond donors (Lipinski definition) is 1. The molecule has 25 heavy (non-hydrogen) atoms. The number of aromatic nitrogens is 2. The predicted molar refractivity (Wildman–Crippen MR) is 102 cm³/mol. The van der Waals surface area contributed by atoms with E-state index >= 15 is 0 Å². The van der Waals surface area contributed by atoms with Crippen LogP contribution in [0.4, 0.5) is 5.82 Å². The highest BCUT2D eigenvalue weighted by Crippen LogP contribution is 2.29. The zero-order valence-electron chi connectivity index (χ0n) is 15.6. The topological polar surface area (TPSA) is 46.9 Å². The number of rotatable bonds is 5. The molecule has 1 aromatic carbocycles. The van der Waals surface area contributed by atoms with Crippen LogP contribution in [-0.2, 0) is 10.2 Å². The number of carbonyl (C=O) groups is 1. The summed E-state index contributed by atoms with van der Waals surface area (Å²) in [5.41, 5.74) is 1.87. The second kappa shape index (κ2) is 7.42. The second-order valence-corrected chi connectivity index (χ2v) is 8.15. The normalized spacial score (nSPS) is 15.5. The summed E-state index contributed by atoms with van der Waals surface area (Å²) >= 11 is 0. The molecule has 0 saturated heterocycles. The van der Waals surface area contributed by atoms with Gasteiger partial charge in [-0.1, -0.05) is 64.7 Å². The van der Waals surface area contributed by atoms with Crippen molar-refractivity contribution in [2.45, 2.75) is 64.7 Å². The molecule has 0 unspecified atom stereocenters. The number of carbonyl (C=O) groups excluding carboxylic acids is 1. The summed E-state index contributed by atoms with van der Waals surface area (Å²) in [6, 6.07) is 12.0. The van der Waals surface area contributed by atoms with Gasteiger partial charge in [-0.15, -0.1) is 0 Å². The lowest BCUT2D eigenvalue weighted by atomic mass is 9.92. The highest BCUT2D eigenvalue weighted by atomic mass is 16.1. The Morgan fingerprint density at radius 2 is 1.88 bits per heavy atom. The van der Waals surface area contributed by atoms with Gasteiger partial charge < -0.3 is 5.32 Å². The van der Waals surface area contributed by atoms with Crippen molar-refractivity contribution < 1.29 is 4.79 Å². The molecule has 134 valence electrons. The number of benzene rings is 1. The Hall–Kier alpha value is -2.10. The molecule has 4 heteroatoms. The van der Waals surface area contributed by atoms with Crippen molar-refractivity contribution in [1.29, 1.82) is 0 Å². The third-order valence-electron chi connectivity index (χ3n) is 5.00. The number of nitrogens with zero attached hydrogens (tertiary/aromatic N) is 2. The maximum absolute atomic E-state index is 12.5. The molecule has 0 bridgehead atoms. The molecular formula is C21H29N3O. The maximum Gasteiger partial charge on any atom is 0.225 e. The van der Waals surface area contributed by atoms with E-state index in [9.17, 15) is 4.79 Å². The van der Waals surface area contributed by atoms with E-state index in [0.717, 1.165) is 29.5 Å². The summed E-state index contributed by atoms with van der Waals surface area (Å²) in [4.78, 5) is 12.5. The quantitative estimate of drug-likeness (QED) is 0.826. The smallest absolute Gasteiger partial charge is 0.225 e. The largest absolute Gasteiger partial charge is 0.311 e. The minimum Gasteiger partial charge on any atom is -0.311 e. The predicted octanol–water partition coefficient (Wildman–Crippen LogP) is 5.08. The fraction of sp³-hybridized carbons (Fsp3) is 0.524. The Bertz CT molecular complexity index is 706. The van der Waals surface area contributed by atoms with Gasteiger partial charge in [0.25, 0.3) is 0 Å². The molecule has 1 aliphatic carbocycles. The fourth-order valence-corrected chi connectivity index (χ4v) is 3.44. The summed E-state index contributed by atoms with van der Waals surface area (Å²) < 4.78 is 1.84. The standard InChI is InChI=1S/C21H29N3O/c1-21(2,3)18-15-19(24(23-18)17-11-5-4-6-12-17)22-20(25)14-13-16-9-7-8-10-16/h4-6,11-12,15-16H,7-10,13-14H2,1-3H3,(H,22,25). The van der Waals surface area contributed by atoms with Crippen LogP contribution in [0.25, 0.3) is 5.69 Å². The van der Waals surface area contributed by atoms with Gasteiger partial charge in [-0.05, 0) is 24.5 Å². The van der Waals surface area contributed by atoms with Crippen molar-refractivity contribution in [3.05, 3.63) is 42.1 Å². The summed E-state index contributed by atoms with van der Waals surface area (Å²) in [6.45, 7) is 6.41. The molecule has 0 atom stereocenters. The SMILES string of the molecule is CC(C)(C)c1cc(NC(=O)CCC2CCCC2)n(-c2ccccc2)n1.